The molecule has 7 nitrogen and oxygen atoms in total. The largest absolute Gasteiger partial charge is 0.384 e. The first-order chi connectivity index (χ1) is 16.9. The summed E-state index contributed by atoms with van der Waals surface area (Å²) < 4.78 is 11.0. The van der Waals surface area contributed by atoms with Crippen LogP contribution in [0.2, 0.25) is 0 Å². The molecule has 0 radical (unpaired) electrons. The molecule has 1 fully saturated rings. The zero-order chi connectivity index (χ0) is 25.2. The Labute approximate surface area is 209 Å². The molecule has 2 aromatic carbocycles. The Balaban J connectivity index is 1.95. The molecular formula is C28H39N3O4. The van der Waals surface area contributed by atoms with E-state index in [2.05, 4.69) is 41.5 Å². The number of carbonyl (C=O) groups is 2. The first-order valence-corrected chi connectivity index (χ1v) is 12.5. The fraction of sp³-hybridized carbons (Fsp3) is 0.500. The van der Waals surface area contributed by atoms with Crippen LogP contribution in [0.5, 0.6) is 0 Å². The van der Waals surface area contributed by atoms with E-state index in [1.807, 2.05) is 37.3 Å². The molecule has 190 valence electrons. The number of rotatable bonds is 11. The average molecular weight is 482 g/mol. The highest BCUT2D eigenvalue weighted by Gasteiger charge is 2.26. The van der Waals surface area contributed by atoms with Gasteiger partial charge in [0.05, 0.1) is 18.0 Å². The zero-order valence-corrected chi connectivity index (χ0v) is 21.4. The van der Waals surface area contributed by atoms with E-state index in [1.54, 1.807) is 7.11 Å². The number of aryl methyl sites for hydroxylation is 1. The summed E-state index contributed by atoms with van der Waals surface area (Å²) in [5, 5.41) is 6.03. The highest BCUT2D eigenvalue weighted by Crippen LogP contribution is 2.35. The topological polar surface area (TPSA) is 79.9 Å². The number of amides is 2. The van der Waals surface area contributed by atoms with E-state index in [-0.39, 0.29) is 11.9 Å². The van der Waals surface area contributed by atoms with Gasteiger partial charge in [0.1, 0.15) is 6.29 Å². The SMILES string of the molecule is COCC(CC=O)c1ccc(N(CC(C)C)C2CCOCC2)c(NC(=O)Nc2ccc(C)cc2)c1. The fourth-order valence-electron chi connectivity index (χ4n) is 4.53. The van der Waals surface area contributed by atoms with Crippen molar-refractivity contribution < 1.29 is 19.1 Å². The quantitative estimate of drug-likeness (QED) is 0.409. The molecule has 0 aliphatic carbocycles. The number of methoxy groups -OCH3 is 1. The van der Waals surface area contributed by atoms with Crippen LogP contribution in [0.3, 0.4) is 0 Å². The number of anilines is 3. The van der Waals surface area contributed by atoms with Crippen molar-refractivity contribution in [2.24, 2.45) is 5.92 Å². The summed E-state index contributed by atoms with van der Waals surface area (Å²) in [6.45, 7) is 9.20. The minimum Gasteiger partial charge on any atom is -0.384 e. The van der Waals surface area contributed by atoms with Gasteiger partial charge in [-0.2, -0.15) is 0 Å². The summed E-state index contributed by atoms with van der Waals surface area (Å²) >= 11 is 0. The van der Waals surface area contributed by atoms with E-state index in [4.69, 9.17) is 9.47 Å². The van der Waals surface area contributed by atoms with E-state index in [1.165, 1.54) is 0 Å². The molecule has 2 N–H and O–H groups in total. The van der Waals surface area contributed by atoms with Crippen molar-refractivity contribution in [1.82, 2.24) is 0 Å². The summed E-state index contributed by atoms with van der Waals surface area (Å²) in [4.78, 5) is 26.7. The van der Waals surface area contributed by atoms with Gasteiger partial charge in [-0.1, -0.05) is 37.6 Å². The van der Waals surface area contributed by atoms with Crippen molar-refractivity contribution in [3.63, 3.8) is 0 Å². The van der Waals surface area contributed by atoms with Gasteiger partial charge < -0.3 is 29.8 Å². The number of nitrogens with one attached hydrogen (secondary N) is 2. The molecule has 7 heteroatoms. The van der Waals surface area contributed by atoms with Crippen molar-refractivity contribution in [3.8, 4) is 0 Å². The third kappa shape index (κ3) is 7.80. The van der Waals surface area contributed by atoms with E-state index in [9.17, 15) is 9.59 Å². The van der Waals surface area contributed by atoms with Crippen LogP contribution >= 0.6 is 0 Å². The predicted molar refractivity (Wildman–Crippen MR) is 142 cm³/mol. The van der Waals surface area contributed by atoms with Gasteiger partial charge in [-0.25, -0.2) is 4.79 Å². The molecule has 2 amide bonds. The van der Waals surface area contributed by atoms with Crippen LogP contribution in [0.15, 0.2) is 42.5 Å². The van der Waals surface area contributed by atoms with Crippen LogP contribution in [0.4, 0.5) is 21.9 Å². The molecule has 1 aliphatic rings. The summed E-state index contributed by atoms with van der Waals surface area (Å²) in [7, 11) is 1.63. The van der Waals surface area contributed by atoms with Gasteiger partial charge in [0.25, 0.3) is 0 Å². The summed E-state index contributed by atoms with van der Waals surface area (Å²) in [5.74, 6) is 0.372. The van der Waals surface area contributed by atoms with Gasteiger partial charge in [-0.3, -0.25) is 0 Å². The van der Waals surface area contributed by atoms with Crippen LogP contribution in [0.1, 0.15) is 50.2 Å². The number of urea groups is 1. The van der Waals surface area contributed by atoms with Gasteiger partial charge in [0.2, 0.25) is 0 Å². The van der Waals surface area contributed by atoms with Gasteiger partial charge >= 0.3 is 6.03 Å². The third-order valence-electron chi connectivity index (χ3n) is 6.30. The number of aldehydes is 1. The van der Waals surface area contributed by atoms with Crippen molar-refractivity contribution in [2.75, 3.05) is 49.0 Å². The maximum absolute atomic E-state index is 13.0. The lowest BCUT2D eigenvalue weighted by atomic mass is 9.95. The molecule has 1 aliphatic heterocycles. The Bertz CT molecular complexity index is 955. The second-order valence-corrected chi connectivity index (χ2v) is 9.67. The average Bonchev–Trinajstić information content (AvgIpc) is 2.84. The standard InChI is InChI=1S/C28H39N3O4/c1-20(2)18-31(25-12-15-35-16-13-25)27-10-7-22(23(11-14-32)19-34-4)17-26(27)30-28(33)29-24-8-5-21(3)6-9-24/h5-10,14,17,20,23,25H,11-13,15-16,18-19H2,1-4H3,(H2,29,30,33). The maximum Gasteiger partial charge on any atom is 0.323 e. The molecule has 0 spiro atoms. The predicted octanol–water partition coefficient (Wildman–Crippen LogP) is 5.60. The van der Waals surface area contributed by atoms with Gasteiger partial charge in [0, 0.05) is 50.9 Å². The normalized spacial score (nSPS) is 15.0. The second kappa shape index (κ2) is 13.3. The molecule has 0 bridgehead atoms. The molecule has 3 rings (SSSR count). The Morgan fingerprint density at radius 2 is 1.86 bits per heavy atom. The summed E-state index contributed by atoms with van der Waals surface area (Å²) in [5.41, 5.74) is 4.53. The lowest BCUT2D eigenvalue weighted by molar-refractivity contribution is -0.108. The van der Waals surface area contributed by atoms with E-state index >= 15 is 0 Å². The highest BCUT2D eigenvalue weighted by molar-refractivity contribution is 6.02. The minimum absolute atomic E-state index is 0.0751. The number of carbonyl (C=O) groups excluding carboxylic acids is 2. The number of ether oxygens (including phenoxy) is 2. The number of nitrogens with zero attached hydrogens (tertiary/aromatic N) is 1. The molecule has 1 unspecified atom stereocenters. The van der Waals surface area contributed by atoms with E-state index < -0.39 is 0 Å². The van der Waals surface area contributed by atoms with E-state index in [0.29, 0.717) is 25.0 Å². The summed E-state index contributed by atoms with van der Waals surface area (Å²) in [6.07, 6.45) is 3.17. The van der Waals surface area contributed by atoms with Crippen molar-refractivity contribution in [2.45, 2.75) is 52.0 Å². The minimum atomic E-state index is -0.303. The van der Waals surface area contributed by atoms with Gasteiger partial charge in [0.15, 0.2) is 0 Å². The molecule has 1 heterocycles. The lowest BCUT2D eigenvalue weighted by Crippen LogP contribution is -2.42. The fourth-order valence-corrected chi connectivity index (χ4v) is 4.53. The maximum atomic E-state index is 13.0. The summed E-state index contributed by atoms with van der Waals surface area (Å²) in [6, 6.07) is 13.8. The molecule has 0 saturated carbocycles. The van der Waals surface area contributed by atoms with Crippen LogP contribution < -0.4 is 15.5 Å². The molecule has 1 atom stereocenters. The molecule has 0 aromatic heterocycles. The van der Waals surface area contributed by atoms with Gasteiger partial charge in [-0.05, 0) is 55.5 Å². The molecular weight excluding hydrogens is 442 g/mol. The Morgan fingerprint density at radius 1 is 1.14 bits per heavy atom. The highest BCUT2D eigenvalue weighted by atomic mass is 16.5. The number of hydrogen-bond acceptors (Lipinski definition) is 5. The third-order valence-corrected chi connectivity index (χ3v) is 6.30. The Hall–Kier alpha value is -2.90. The van der Waals surface area contributed by atoms with Crippen LogP contribution in [-0.4, -0.2) is 51.8 Å². The van der Waals surface area contributed by atoms with Crippen LogP contribution in [0.25, 0.3) is 0 Å². The van der Waals surface area contributed by atoms with Crippen molar-refractivity contribution in [3.05, 3.63) is 53.6 Å². The Kier molecular flexibility index (Phi) is 10.1. The van der Waals surface area contributed by atoms with Gasteiger partial charge in [-0.15, -0.1) is 0 Å². The van der Waals surface area contributed by atoms with Crippen molar-refractivity contribution >= 4 is 29.4 Å². The first-order valence-electron chi connectivity index (χ1n) is 12.5. The molecule has 2 aromatic rings. The van der Waals surface area contributed by atoms with E-state index in [0.717, 1.165) is 67.1 Å². The van der Waals surface area contributed by atoms with Crippen LogP contribution in [-0.2, 0) is 14.3 Å². The first kappa shape index (κ1) is 26.7. The number of benzene rings is 2. The zero-order valence-electron chi connectivity index (χ0n) is 21.4. The van der Waals surface area contributed by atoms with Crippen LogP contribution in [0, 0.1) is 12.8 Å². The number of hydrogen-bond donors (Lipinski definition) is 2. The Morgan fingerprint density at radius 3 is 2.49 bits per heavy atom. The van der Waals surface area contributed by atoms with Crippen molar-refractivity contribution in [1.29, 1.82) is 0 Å². The lowest BCUT2D eigenvalue weighted by Gasteiger charge is -2.38. The molecule has 35 heavy (non-hydrogen) atoms. The second-order valence-electron chi connectivity index (χ2n) is 9.67. The molecule has 1 saturated heterocycles. The monoisotopic (exact) mass is 481 g/mol. The smallest absolute Gasteiger partial charge is 0.323 e.